The molecule has 5 aromatic carbocycles. The second kappa shape index (κ2) is 15.1. The van der Waals surface area contributed by atoms with Crippen LogP contribution in [0, 0.1) is 0 Å². The normalized spacial score (nSPS) is 12.7. The Labute approximate surface area is 265 Å². The maximum Gasteiger partial charge on any atom is 0.160 e. The van der Waals surface area contributed by atoms with Gasteiger partial charge in [-0.25, -0.2) is 0 Å². The van der Waals surface area contributed by atoms with Gasteiger partial charge < -0.3 is 4.74 Å². The SMILES string of the molecule is CCCC(CC)(Pc1ccccc1C(C)=O)c1cc(Cc2ccccc2)cc(Cc2ccccc2)c1OCc1ccccc1. The minimum Gasteiger partial charge on any atom is -0.488 e. The number of ketones is 1. The van der Waals surface area contributed by atoms with Gasteiger partial charge in [-0.05, 0) is 59.3 Å². The number of ether oxygens (including phenoxy) is 1. The van der Waals surface area contributed by atoms with Crippen LogP contribution in [0.5, 0.6) is 5.75 Å². The Morgan fingerprint density at radius 1 is 0.682 bits per heavy atom. The molecule has 0 fully saturated rings. The second-order valence-corrected chi connectivity index (χ2v) is 13.4. The van der Waals surface area contributed by atoms with Crippen molar-refractivity contribution >= 4 is 19.7 Å². The maximum absolute atomic E-state index is 12.8. The van der Waals surface area contributed by atoms with E-state index in [-0.39, 0.29) is 10.9 Å². The van der Waals surface area contributed by atoms with E-state index in [0.29, 0.717) is 15.2 Å². The van der Waals surface area contributed by atoms with Gasteiger partial charge in [0.05, 0.1) is 0 Å². The molecule has 0 saturated carbocycles. The molecule has 5 rings (SSSR count). The van der Waals surface area contributed by atoms with Crippen LogP contribution in [0.15, 0.2) is 127 Å². The number of carbonyl (C=O) groups excluding carboxylic acids is 1. The number of rotatable bonds is 14. The van der Waals surface area contributed by atoms with Gasteiger partial charge in [0, 0.05) is 22.7 Å². The van der Waals surface area contributed by atoms with E-state index in [1.54, 1.807) is 6.92 Å². The quantitative estimate of drug-likeness (QED) is 0.0939. The van der Waals surface area contributed by atoms with Gasteiger partial charge in [-0.3, -0.25) is 4.79 Å². The first kappa shape index (κ1) is 31.4. The fourth-order valence-electron chi connectivity index (χ4n) is 6.20. The molecule has 0 radical (unpaired) electrons. The van der Waals surface area contributed by atoms with Crippen LogP contribution in [0.1, 0.15) is 83.8 Å². The minimum absolute atomic E-state index is 0.123. The third kappa shape index (κ3) is 7.74. The topological polar surface area (TPSA) is 26.3 Å². The van der Waals surface area contributed by atoms with Crippen LogP contribution in [0.3, 0.4) is 0 Å². The van der Waals surface area contributed by atoms with Gasteiger partial charge in [0.25, 0.3) is 0 Å². The van der Waals surface area contributed by atoms with Crippen LogP contribution in [-0.4, -0.2) is 5.78 Å². The van der Waals surface area contributed by atoms with E-state index in [1.165, 1.54) is 27.8 Å². The predicted octanol–water partition coefficient (Wildman–Crippen LogP) is 10.1. The van der Waals surface area contributed by atoms with Crippen molar-refractivity contribution in [3.8, 4) is 5.75 Å². The molecule has 0 bridgehead atoms. The Bertz CT molecular complexity index is 1650. The van der Waals surface area contributed by atoms with Crippen molar-refractivity contribution in [1.29, 1.82) is 0 Å². The molecule has 2 atom stereocenters. The zero-order chi connectivity index (χ0) is 30.8. The van der Waals surface area contributed by atoms with E-state index in [4.69, 9.17) is 4.74 Å². The van der Waals surface area contributed by atoms with Crippen LogP contribution >= 0.6 is 8.58 Å². The zero-order valence-electron chi connectivity index (χ0n) is 26.2. The summed E-state index contributed by atoms with van der Waals surface area (Å²) in [7, 11) is 0.437. The van der Waals surface area contributed by atoms with Crippen LogP contribution in [0.25, 0.3) is 0 Å². The van der Waals surface area contributed by atoms with Crippen molar-refractivity contribution in [2.45, 2.75) is 64.6 Å². The van der Waals surface area contributed by atoms with Crippen molar-refractivity contribution in [1.82, 2.24) is 0 Å². The molecule has 2 nitrogen and oxygen atoms in total. The maximum atomic E-state index is 12.8. The Morgan fingerprint density at radius 2 is 1.25 bits per heavy atom. The molecule has 0 aliphatic carbocycles. The lowest BCUT2D eigenvalue weighted by atomic mass is 9.85. The number of hydrogen-bond acceptors (Lipinski definition) is 2. The van der Waals surface area contributed by atoms with E-state index in [9.17, 15) is 4.79 Å². The predicted molar refractivity (Wildman–Crippen MR) is 187 cm³/mol. The summed E-state index contributed by atoms with van der Waals surface area (Å²) in [5.41, 5.74) is 8.33. The molecule has 5 aromatic rings. The molecule has 0 aliphatic heterocycles. The number of Topliss-reactive ketones (excluding diaryl/α,β-unsaturated/α-hetero) is 1. The number of benzene rings is 5. The third-order valence-corrected chi connectivity index (χ3v) is 10.5. The van der Waals surface area contributed by atoms with Crippen LogP contribution in [0.4, 0.5) is 0 Å². The average Bonchev–Trinajstić information content (AvgIpc) is 3.05. The molecule has 0 spiro atoms. The Morgan fingerprint density at radius 3 is 1.84 bits per heavy atom. The highest BCUT2D eigenvalue weighted by atomic mass is 31.1. The molecular formula is C41H43O2P. The van der Waals surface area contributed by atoms with Crippen LogP contribution in [-0.2, 0) is 24.6 Å². The highest BCUT2D eigenvalue weighted by Crippen LogP contribution is 2.52. The number of carbonyl (C=O) groups is 1. The summed E-state index contributed by atoms with van der Waals surface area (Å²) >= 11 is 0. The first-order valence-corrected chi connectivity index (χ1v) is 16.8. The molecule has 0 aromatic heterocycles. The monoisotopic (exact) mass is 598 g/mol. The molecule has 44 heavy (non-hydrogen) atoms. The van der Waals surface area contributed by atoms with Gasteiger partial charge in [0.1, 0.15) is 12.4 Å². The molecule has 0 N–H and O–H groups in total. The summed E-state index contributed by atoms with van der Waals surface area (Å²) in [6, 6.07) is 44.8. The van der Waals surface area contributed by atoms with Crippen molar-refractivity contribution in [3.63, 3.8) is 0 Å². The largest absolute Gasteiger partial charge is 0.488 e. The van der Waals surface area contributed by atoms with Gasteiger partial charge in [-0.15, -0.1) is 0 Å². The van der Waals surface area contributed by atoms with Gasteiger partial charge in [0.2, 0.25) is 0 Å². The zero-order valence-corrected chi connectivity index (χ0v) is 27.2. The Kier molecular flexibility index (Phi) is 10.8. The molecule has 0 aliphatic rings. The molecule has 3 heteroatoms. The standard InChI is InChI=1S/C41H43O2P/c1-4-25-41(5-2,44-39-24-16-15-23-37(39)31(3)42)38-29-35(26-32-17-9-6-10-18-32)28-36(27-33-19-11-7-12-20-33)40(38)43-30-34-21-13-8-14-22-34/h6-24,28-29,44H,4-5,25-27,30H2,1-3H3. The van der Waals surface area contributed by atoms with Crippen molar-refractivity contribution in [2.75, 3.05) is 0 Å². The summed E-state index contributed by atoms with van der Waals surface area (Å²) in [6.07, 6.45) is 4.65. The Hall–Kier alpha value is -4.00. The summed E-state index contributed by atoms with van der Waals surface area (Å²) in [5, 5.41) is 0.965. The molecule has 224 valence electrons. The van der Waals surface area contributed by atoms with E-state index in [2.05, 4.69) is 123 Å². The van der Waals surface area contributed by atoms with E-state index in [1.807, 2.05) is 18.2 Å². The van der Waals surface area contributed by atoms with E-state index < -0.39 is 0 Å². The highest BCUT2D eigenvalue weighted by Gasteiger charge is 2.35. The fraction of sp³-hybridized carbons (Fsp3) is 0.244. The van der Waals surface area contributed by atoms with Gasteiger partial charge in [-0.1, -0.05) is 156 Å². The second-order valence-electron chi connectivity index (χ2n) is 11.6. The first-order valence-electron chi connectivity index (χ1n) is 15.8. The minimum atomic E-state index is -0.176. The fourth-order valence-corrected chi connectivity index (χ4v) is 8.16. The van der Waals surface area contributed by atoms with Crippen molar-refractivity contribution < 1.29 is 9.53 Å². The van der Waals surface area contributed by atoms with Crippen LogP contribution < -0.4 is 10.0 Å². The summed E-state index contributed by atoms with van der Waals surface area (Å²) in [4.78, 5) is 12.8. The summed E-state index contributed by atoms with van der Waals surface area (Å²) < 4.78 is 6.94. The Balaban J connectivity index is 1.71. The number of hydrogen-bond donors (Lipinski definition) is 0. The third-order valence-electron chi connectivity index (χ3n) is 8.42. The van der Waals surface area contributed by atoms with Crippen LogP contribution in [0.2, 0.25) is 0 Å². The lowest BCUT2D eigenvalue weighted by Crippen LogP contribution is -2.26. The van der Waals surface area contributed by atoms with E-state index in [0.717, 1.165) is 54.3 Å². The van der Waals surface area contributed by atoms with Gasteiger partial charge in [-0.2, -0.15) is 0 Å². The van der Waals surface area contributed by atoms with Gasteiger partial charge >= 0.3 is 0 Å². The molecular weight excluding hydrogens is 555 g/mol. The smallest absolute Gasteiger partial charge is 0.160 e. The molecule has 0 saturated heterocycles. The summed E-state index contributed by atoms with van der Waals surface area (Å²) in [5.74, 6) is 1.12. The molecule has 2 unspecified atom stereocenters. The average molecular weight is 599 g/mol. The highest BCUT2D eigenvalue weighted by molar-refractivity contribution is 7.48. The molecule has 0 amide bonds. The summed E-state index contributed by atoms with van der Waals surface area (Å²) in [6.45, 7) is 6.77. The lowest BCUT2D eigenvalue weighted by molar-refractivity contribution is 0.101. The van der Waals surface area contributed by atoms with Crippen molar-refractivity contribution in [2.24, 2.45) is 0 Å². The first-order chi connectivity index (χ1) is 21.5. The van der Waals surface area contributed by atoms with E-state index >= 15 is 0 Å². The van der Waals surface area contributed by atoms with Crippen molar-refractivity contribution in [3.05, 3.63) is 166 Å². The lowest BCUT2D eigenvalue weighted by Gasteiger charge is -2.37. The molecule has 0 heterocycles. The van der Waals surface area contributed by atoms with Gasteiger partial charge in [0.15, 0.2) is 5.78 Å².